The third-order valence-corrected chi connectivity index (χ3v) is 6.13. The van der Waals surface area contributed by atoms with Gasteiger partial charge in [-0.2, -0.15) is 0 Å². The Hall–Kier alpha value is -4.39. The number of fused-ring (bicyclic) bond motifs is 1. The summed E-state index contributed by atoms with van der Waals surface area (Å²) in [5.41, 5.74) is 2.60. The molecule has 2 heterocycles. The SMILES string of the molecule is O=Cc1ccc(N2CCN(C(=O)c3ccc(-c4oc5ccccc5c(=O)c4O)cc3)CC2)cc1. The molecule has 1 amide bonds. The first-order valence-corrected chi connectivity index (χ1v) is 11.0. The Bertz CT molecular complexity index is 1420. The molecule has 1 aliphatic heterocycles. The predicted molar refractivity (Wildman–Crippen MR) is 130 cm³/mol. The zero-order valence-corrected chi connectivity index (χ0v) is 18.3. The number of aromatic hydroxyl groups is 1. The molecule has 34 heavy (non-hydrogen) atoms. The highest BCUT2D eigenvalue weighted by molar-refractivity contribution is 5.95. The molecule has 0 aliphatic carbocycles. The first-order valence-electron chi connectivity index (χ1n) is 11.0. The lowest BCUT2D eigenvalue weighted by molar-refractivity contribution is 0.0746. The van der Waals surface area contributed by atoms with Gasteiger partial charge in [0, 0.05) is 48.6 Å². The molecule has 1 fully saturated rings. The summed E-state index contributed by atoms with van der Waals surface area (Å²) in [5, 5.41) is 10.7. The number of benzene rings is 3. The van der Waals surface area contributed by atoms with Crippen molar-refractivity contribution in [3.63, 3.8) is 0 Å². The molecule has 1 N–H and O–H groups in total. The summed E-state index contributed by atoms with van der Waals surface area (Å²) >= 11 is 0. The van der Waals surface area contributed by atoms with Crippen LogP contribution >= 0.6 is 0 Å². The Morgan fingerprint density at radius 1 is 0.882 bits per heavy atom. The normalized spacial score (nSPS) is 13.8. The van der Waals surface area contributed by atoms with Crippen molar-refractivity contribution in [2.24, 2.45) is 0 Å². The van der Waals surface area contributed by atoms with Crippen molar-refractivity contribution in [2.75, 3.05) is 31.1 Å². The van der Waals surface area contributed by atoms with Crippen LogP contribution in [0.3, 0.4) is 0 Å². The van der Waals surface area contributed by atoms with Gasteiger partial charge < -0.3 is 19.3 Å². The molecule has 0 saturated carbocycles. The average molecular weight is 454 g/mol. The maximum absolute atomic E-state index is 13.0. The predicted octanol–water partition coefficient (Wildman–Crippen LogP) is 3.94. The monoisotopic (exact) mass is 454 g/mol. The summed E-state index contributed by atoms with van der Waals surface area (Å²) in [6.45, 7) is 2.55. The molecule has 7 heteroatoms. The van der Waals surface area contributed by atoms with E-state index < -0.39 is 11.2 Å². The van der Waals surface area contributed by atoms with Crippen LogP contribution in [0.5, 0.6) is 5.75 Å². The molecule has 0 radical (unpaired) electrons. The maximum atomic E-state index is 13.0. The van der Waals surface area contributed by atoms with Gasteiger partial charge in [-0.15, -0.1) is 0 Å². The largest absolute Gasteiger partial charge is 0.502 e. The Balaban J connectivity index is 1.30. The van der Waals surface area contributed by atoms with Crippen LogP contribution in [0.25, 0.3) is 22.3 Å². The van der Waals surface area contributed by atoms with Crippen LogP contribution < -0.4 is 10.3 Å². The second-order valence-electron chi connectivity index (χ2n) is 8.17. The summed E-state index contributed by atoms with van der Waals surface area (Å²) in [5.74, 6) is -0.446. The van der Waals surface area contributed by atoms with E-state index in [2.05, 4.69) is 4.90 Å². The van der Waals surface area contributed by atoms with E-state index in [1.54, 1.807) is 65.6 Å². The van der Waals surface area contributed by atoms with Gasteiger partial charge in [-0.1, -0.05) is 24.3 Å². The quantitative estimate of drug-likeness (QED) is 0.470. The number of rotatable bonds is 4. The fraction of sp³-hybridized carbons (Fsp3) is 0.148. The van der Waals surface area contributed by atoms with Gasteiger partial charge >= 0.3 is 0 Å². The fourth-order valence-electron chi connectivity index (χ4n) is 4.21. The summed E-state index contributed by atoms with van der Waals surface area (Å²) in [4.78, 5) is 40.3. The Labute approximate surface area is 195 Å². The Morgan fingerprint density at radius 3 is 2.24 bits per heavy atom. The van der Waals surface area contributed by atoms with Crippen LogP contribution in [-0.4, -0.2) is 48.4 Å². The number of carbonyl (C=O) groups is 2. The molecule has 7 nitrogen and oxygen atoms in total. The number of anilines is 1. The lowest BCUT2D eigenvalue weighted by Crippen LogP contribution is -2.48. The van der Waals surface area contributed by atoms with Crippen LogP contribution in [0.15, 0.2) is 82.0 Å². The van der Waals surface area contributed by atoms with Crippen molar-refractivity contribution in [1.29, 1.82) is 0 Å². The van der Waals surface area contributed by atoms with E-state index in [0.717, 1.165) is 12.0 Å². The maximum Gasteiger partial charge on any atom is 0.253 e. The summed E-state index contributed by atoms with van der Waals surface area (Å²) < 4.78 is 5.77. The van der Waals surface area contributed by atoms with E-state index in [1.165, 1.54) is 0 Å². The highest BCUT2D eigenvalue weighted by Crippen LogP contribution is 2.30. The number of aldehydes is 1. The van der Waals surface area contributed by atoms with Gasteiger partial charge in [0.25, 0.3) is 5.91 Å². The molecule has 3 aromatic carbocycles. The number of para-hydroxylation sites is 1. The molecule has 170 valence electrons. The number of nitrogens with zero attached hydrogens (tertiary/aromatic N) is 2. The lowest BCUT2D eigenvalue weighted by Gasteiger charge is -2.36. The summed E-state index contributed by atoms with van der Waals surface area (Å²) in [6, 6.07) is 20.9. The molecule has 0 unspecified atom stereocenters. The molecule has 1 saturated heterocycles. The van der Waals surface area contributed by atoms with E-state index in [4.69, 9.17) is 4.42 Å². The molecule has 1 aromatic heterocycles. The average Bonchev–Trinajstić information content (AvgIpc) is 2.90. The molecular formula is C27H22N2O5. The number of amides is 1. The third-order valence-electron chi connectivity index (χ3n) is 6.13. The fourth-order valence-corrected chi connectivity index (χ4v) is 4.21. The van der Waals surface area contributed by atoms with Crippen molar-refractivity contribution >= 4 is 28.8 Å². The highest BCUT2D eigenvalue weighted by Gasteiger charge is 2.23. The Kier molecular flexibility index (Phi) is 5.59. The number of hydrogen-bond donors (Lipinski definition) is 1. The van der Waals surface area contributed by atoms with Gasteiger partial charge in [0.2, 0.25) is 11.2 Å². The second kappa shape index (κ2) is 8.86. The summed E-state index contributed by atoms with van der Waals surface area (Å²) in [7, 11) is 0. The first-order chi connectivity index (χ1) is 16.5. The van der Waals surface area contributed by atoms with Gasteiger partial charge in [0.05, 0.1) is 5.39 Å². The number of hydrogen-bond acceptors (Lipinski definition) is 6. The smallest absolute Gasteiger partial charge is 0.253 e. The molecule has 0 bridgehead atoms. The van der Waals surface area contributed by atoms with Crippen molar-refractivity contribution < 1.29 is 19.1 Å². The molecular weight excluding hydrogens is 432 g/mol. The van der Waals surface area contributed by atoms with Crippen LogP contribution in [0.1, 0.15) is 20.7 Å². The second-order valence-corrected chi connectivity index (χ2v) is 8.17. The van der Waals surface area contributed by atoms with Gasteiger partial charge in [0.1, 0.15) is 11.9 Å². The highest BCUT2D eigenvalue weighted by atomic mass is 16.4. The lowest BCUT2D eigenvalue weighted by atomic mass is 10.1. The van der Waals surface area contributed by atoms with Crippen LogP contribution in [0, 0.1) is 0 Å². The van der Waals surface area contributed by atoms with Crippen molar-refractivity contribution in [2.45, 2.75) is 0 Å². The minimum absolute atomic E-state index is 0.0771. The molecule has 0 spiro atoms. The van der Waals surface area contributed by atoms with Crippen molar-refractivity contribution in [1.82, 2.24) is 4.90 Å². The van der Waals surface area contributed by atoms with Gasteiger partial charge in [-0.05, 0) is 48.5 Å². The van der Waals surface area contributed by atoms with E-state index in [9.17, 15) is 19.5 Å². The van der Waals surface area contributed by atoms with Crippen molar-refractivity contribution in [3.8, 4) is 17.1 Å². The van der Waals surface area contributed by atoms with E-state index in [1.807, 2.05) is 12.1 Å². The third kappa shape index (κ3) is 3.92. The Morgan fingerprint density at radius 2 is 1.56 bits per heavy atom. The molecule has 0 atom stereocenters. The number of piperazine rings is 1. The first kappa shape index (κ1) is 21.5. The van der Waals surface area contributed by atoms with Gasteiger partial charge in [-0.3, -0.25) is 14.4 Å². The van der Waals surface area contributed by atoms with E-state index in [-0.39, 0.29) is 11.7 Å². The minimum Gasteiger partial charge on any atom is -0.502 e. The van der Waals surface area contributed by atoms with Gasteiger partial charge in [0.15, 0.2) is 5.76 Å². The number of carbonyl (C=O) groups excluding carboxylic acids is 2. The molecule has 4 aromatic rings. The van der Waals surface area contributed by atoms with Crippen molar-refractivity contribution in [3.05, 3.63) is 94.1 Å². The van der Waals surface area contributed by atoms with E-state index in [0.29, 0.717) is 53.8 Å². The van der Waals surface area contributed by atoms with Gasteiger partial charge in [-0.25, -0.2) is 0 Å². The van der Waals surface area contributed by atoms with Crippen LogP contribution in [0.4, 0.5) is 5.69 Å². The van der Waals surface area contributed by atoms with E-state index >= 15 is 0 Å². The topological polar surface area (TPSA) is 91.1 Å². The summed E-state index contributed by atoms with van der Waals surface area (Å²) in [6.07, 6.45) is 0.820. The van der Waals surface area contributed by atoms with Crippen LogP contribution in [-0.2, 0) is 0 Å². The molecule has 5 rings (SSSR count). The zero-order chi connectivity index (χ0) is 23.7. The minimum atomic E-state index is -0.490. The van der Waals surface area contributed by atoms with Crippen LogP contribution in [0.2, 0.25) is 0 Å². The molecule has 1 aliphatic rings. The zero-order valence-electron chi connectivity index (χ0n) is 18.3. The standard InChI is InChI=1S/C27H22N2O5/c30-17-18-5-11-21(12-6-18)28-13-15-29(16-14-28)27(33)20-9-7-19(8-10-20)26-25(32)24(31)22-3-1-2-4-23(22)34-26/h1-12,17,32H,13-16H2.